The summed E-state index contributed by atoms with van der Waals surface area (Å²) in [6, 6.07) is 21.8. The number of benzene rings is 3. The number of hydrogen-bond donors (Lipinski definition) is 0. The normalized spacial score (nSPS) is 11.2. The Morgan fingerprint density at radius 2 is 1.75 bits per heavy atom. The van der Waals surface area contributed by atoms with Gasteiger partial charge in [0.2, 0.25) is 0 Å². The minimum absolute atomic E-state index is 0.0957. The van der Waals surface area contributed by atoms with Crippen LogP contribution in [0.5, 0.6) is 0 Å². The van der Waals surface area contributed by atoms with Crippen LogP contribution in [-0.4, -0.2) is 21.6 Å². The van der Waals surface area contributed by atoms with Crippen molar-refractivity contribution in [2.45, 2.75) is 11.7 Å². The number of aromatic nitrogens is 2. The van der Waals surface area contributed by atoms with Crippen LogP contribution < -0.4 is 0 Å². The van der Waals surface area contributed by atoms with Crippen LogP contribution in [0.15, 0.2) is 71.9 Å². The maximum absolute atomic E-state index is 12.6. The molecule has 0 aliphatic rings. The van der Waals surface area contributed by atoms with E-state index in [1.807, 2.05) is 53.3 Å². The first-order chi connectivity index (χ1) is 11.8. The molecule has 4 aromatic rings. The number of Topliss-reactive ketones (excluding diaryl/α,β-unsaturated/α-hetero) is 1. The molecule has 3 aromatic carbocycles. The van der Waals surface area contributed by atoms with Gasteiger partial charge in [-0.2, -0.15) is 0 Å². The average Bonchev–Trinajstić information content (AvgIpc) is 3.00. The second kappa shape index (κ2) is 6.13. The quantitative estimate of drug-likeness (QED) is 0.398. The summed E-state index contributed by atoms with van der Waals surface area (Å²) in [5, 5.41) is 3.15. The summed E-state index contributed by atoms with van der Waals surface area (Å²) in [7, 11) is 0. The molecule has 1 heterocycles. The summed E-state index contributed by atoms with van der Waals surface area (Å²) in [5.41, 5.74) is 2.69. The standard InChI is InChI=1S/C20H16N2OS/c1-24-20-21-19-16-10-6-5-7-14(16)11-12-17(19)22(20)13-18(23)15-8-3-2-4-9-15/h2-12H,13H2,1H3. The van der Waals surface area contributed by atoms with Crippen LogP contribution in [0.2, 0.25) is 0 Å². The van der Waals surface area contributed by atoms with Gasteiger partial charge in [-0.3, -0.25) is 4.79 Å². The third-order valence-electron chi connectivity index (χ3n) is 4.19. The van der Waals surface area contributed by atoms with Crippen molar-refractivity contribution < 1.29 is 4.79 Å². The van der Waals surface area contributed by atoms with Crippen molar-refractivity contribution in [3.8, 4) is 0 Å². The Morgan fingerprint density at radius 3 is 2.54 bits per heavy atom. The molecule has 0 radical (unpaired) electrons. The molecule has 0 amide bonds. The summed E-state index contributed by atoms with van der Waals surface area (Å²) in [6.45, 7) is 0.301. The zero-order valence-corrected chi connectivity index (χ0v) is 14.1. The topological polar surface area (TPSA) is 34.9 Å². The number of ketones is 1. The van der Waals surface area contributed by atoms with Gasteiger partial charge in [-0.15, -0.1) is 0 Å². The molecule has 0 fully saturated rings. The molecule has 118 valence electrons. The van der Waals surface area contributed by atoms with Crippen LogP contribution >= 0.6 is 11.8 Å². The van der Waals surface area contributed by atoms with E-state index in [1.165, 1.54) is 0 Å². The largest absolute Gasteiger partial charge is 0.311 e. The van der Waals surface area contributed by atoms with E-state index < -0.39 is 0 Å². The second-order valence-corrected chi connectivity index (χ2v) is 6.40. The fraction of sp³-hybridized carbons (Fsp3) is 0.100. The van der Waals surface area contributed by atoms with Crippen LogP contribution in [0.25, 0.3) is 21.8 Å². The number of rotatable bonds is 4. The molecule has 0 saturated heterocycles. The lowest BCUT2D eigenvalue weighted by Gasteiger charge is -2.07. The van der Waals surface area contributed by atoms with Gasteiger partial charge in [-0.05, 0) is 17.7 Å². The van der Waals surface area contributed by atoms with Crippen LogP contribution in [-0.2, 0) is 6.54 Å². The summed E-state index contributed by atoms with van der Waals surface area (Å²) >= 11 is 1.57. The molecule has 0 unspecified atom stereocenters. The predicted octanol–water partition coefficient (Wildman–Crippen LogP) is 4.79. The summed E-state index contributed by atoms with van der Waals surface area (Å²) < 4.78 is 2.02. The zero-order valence-electron chi connectivity index (χ0n) is 13.3. The lowest BCUT2D eigenvalue weighted by molar-refractivity contribution is 0.0970. The predicted molar refractivity (Wildman–Crippen MR) is 99.8 cm³/mol. The molecule has 24 heavy (non-hydrogen) atoms. The first-order valence-corrected chi connectivity index (χ1v) is 9.00. The highest BCUT2D eigenvalue weighted by Gasteiger charge is 2.15. The Hall–Kier alpha value is -2.59. The van der Waals surface area contributed by atoms with E-state index in [1.54, 1.807) is 11.8 Å². The van der Waals surface area contributed by atoms with E-state index in [2.05, 4.69) is 24.3 Å². The van der Waals surface area contributed by atoms with Crippen LogP contribution in [0.3, 0.4) is 0 Å². The monoisotopic (exact) mass is 332 g/mol. The molecule has 0 N–H and O–H groups in total. The average molecular weight is 332 g/mol. The number of thioether (sulfide) groups is 1. The Balaban J connectivity index is 1.85. The number of carbonyl (C=O) groups excluding carboxylic acids is 1. The Morgan fingerprint density at radius 1 is 1.00 bits per heavy atom. The lowest BCUT2D eigenvalue weighted by atomic mass is 10.1. The van der Waals surface area contributed by atoms with Crippen molar-refractivity contribution in [2.75, 3.05) is 6.26 Å². The molecular weight excluding hydrogens is 316 g/mol. The third-order valence-corrected chi connectivity index (χ3v) is 4.87. The van der Waals surface area contributed by atoms with Gasteiger partial charge in [0, 0.05) is 10.9 Å². The SMILES string of the molecule is CSc1nc2c3ccccc3ccc2n1CC(=O)c1ccccc1. The minimum atomic E-state index is 0.0957. The van der Waals surface area contributed by atoms with Crippen molar-refractivity contribution in [2.24, 2.45) is 0 Å². The maximum Gasteiger partial charge on any atom is 0.182 e. The number of imidazole rings is 1. The van der Waals surface area contributed by atoms with Crippen molar-refractivity contribution in [1.82, 2.24) is 9.55 Å². The van der Waals surface area contributed by atoms with Crippen molar-refractivity contribution in [3.63, 3.8) is 0 Å². The van der Waals surface area contributed by atoms with Gasteiger partial charge in [0.1, 0.15) is 0 Å². The minimum Gasteiger partial charge on any atom is -0.311 e. The van der Waals surface area contributed by atoms with Crippen molar-refractivity contribution in [1.29, 1.82) is 0 Å². The molecule has 0 aliphatic heterocycles. The van der Waals surface area contributed by atoms with E-state index in [9.17, 15) is 4.79 Å². The van der Waals surface area contributed by atoms with E-state index in [4.69, 9.17) is 4.98 Å². The first kappa shape index (κ1) is 15.0. The van der Waals surface area contributed by atoms with Gasteiger partial charge in [-0.1, -0.05) is 72.4 Å². The van der Waals surface area contributed by atoms with Gasteiger partial charge in [-0.25, -0.2) is 4.98 Å². The summed E-state index contributed by atoms with van der Waals surface area (Å²) in [5.74, 6) is 0.0957. The highest BCUT2D eigenvalue weighted by atomic mass is 32.2. The van der Waals surface area contributed by atoms with Crippen molar-refractivity contribution in [3.05, 3.63) is 72.3 Å². The van der Waals surface area contributed by atoms with Crippen molar-refractivity contribution >= 4 is 39.4 Å². The van der Waals surface area contributed by atoms with Crippen LogP contribution in [0.4, 0.5) is 0 Å². The Kier molecular flexibility index (Phi) is 3.82. The Bertz CT molecular complexity index is 1040. The fourth-order valence-corrected chi connectivity index (χ4v) is 3.57. The number of hydrogen-bond acceptors (Lipinski definition) is 3. The number of fused-ring (bicyclic) bond motifs is 3. The van der Waals surface area contributed by atoms with Gasteiger partial charge < -0.3 is 4.57 Å². The third kappa shape index (κ3) is 2.49. The van der Waals surface area contributed by atoms with E-state index >= 15 is 0 Å². The molecule has 0 saturated carbocycles. The summed E-state index contributed by atoms with van der Waals surface area (Å²) in [4.78, 5) is 17.4. The Labute approximate surface area is 144 Å². The molecule has 0 bridgehead atoms. The molecule has 4 rings (SSSR count). The van der Waals surface area contributed by atoms with Gasteiger partial charge in [0.15, 0.2) is 10.9 Å². The molecule has 4 heteroatoms. The van der Waals surface area contributed by atoms with Crippen LogP contribution in [0.1, 0.15) is 10.4 Å². The first-order valence-electron chi connectivity index (χ1n) is 7.78. The number of carbonyl (C=O) groups is 1. The van der Waals surface area contributed by atoms with E-state index in [0.717, 1.165) is 32.5 Å². The van der Waals surface area contributed by atoms with Gasteiger partial charge >= 0.3 is 0 Å². The highest BCUT2D eigenvalue weighted by Crippen LogP contribution is 2.29. The van der Waals surface area contributed by atoms with E-state index in [-0.39, 0.29) is 5.78 Å². The zero-order chi connectivity index (χ0) is 16.5. The molecular formula is C20H16N2OS. The molecule has 0 spiro atoms. The molecule has 0 atom stereocenters. The van der Waals surface area contributed by atoms with Crippen LogP contribution in [0, 0.1) is 0 Å². The smallest absolute Gasteiger partial charge is 0.182 e. The van der Waals surface area contributed by atoms with E-state index in [0.29, 0.717) is 6.54 Å². The lowest BCUT2D eigenvalue weighted by Crippen LogP contribution is -2.11. The van der Waals surface area contributed by atoms with Gasteiger partial charge in [0.05, 0.1) is 17.6 Å². The number of nitrogens with zero attached hydrogens (tertiary/aromatic N) is 2. The fourth-order valence-electron chi connectivity index (χ4n) is 3.01. The van der Waals surface area contributed by atoms with Gasteiger partial charge in [0.25, 0.3) is 0 Å². The molecule has 1 aromatic heterocycles. The second-order valence-electron chi connectivity index (χ2n) is 5.63. The highest BCUT2D eigenvalue weighted by molar-refractivity contribution is 7.98. The molecule has 0 aliphatic carbocycles. The maximum atomic E-state index is 12.6. The molecule has 3 nitrogen and oxygen atoms in total. The summed E-state index contributed by atoms with van der Waals surface area (Å²) in [6.07, 6.45) is 1.99.